The van der Waals surface area contributed by atoms with Crippen LogP contribution in [0.4, 0.5) is 5.69 Å². The van der Waals surface area contributed by atoms with Gasteiger partial charge in [-0.15, -0.1) is 0 Å². The van der Waals surface area contributed by atoms with Gasteiger partial charge < -0.3 is 5.32 Å². The second kappa shape index (κ2) is 5.90. The van der Waals surface area contributed by atoms with Gasteiger partial charge in [0.15, 0.2) is 6.04 Å². The summed E-state index contributed by atoms with van der Waals surface area (Å²) in [5, 5.41) is 2.72. The third kappa shape index (κ3) is 3.08. The molecule has 0 bridgehead atoms. The van der Waals surface area contributed by atoms with Crippen LogP contribution >= 0.6 is 23.2 Å². The van der Waals surface area contributed by atoms with Crippen LogP contribution in [-0.2, 0) is 9.59 Å². The van der Waals surface area contributed by atoms with Crippen LogP contribution in [0.3, 0.4) is 0 Å². The summed E-state index contributed by atoms with van der Waals surface area (Å²) < 4.78 is 0. The van der Waals surface area contributed by atoms with Crippen LogP contribution in [0, 0.1) is 0 Å². The number of anilines is 1. The van der Waals surface area contributed by atoms with Gasteiger partial charge in [0.1, 0.15) is 0 Å². The van der Waals surface area contributed by atoms with Gasteiger partial charge in [0.05, 0.1) is 18.7 Å². The summed E-state index contributed by atoms with van der Waals surface area (Å²) in [5.41, 5.74) is 0.444. The number of rotatable bonds is 4. The molecule has 1 fully saturated rings. The maximum Gasteiger partial charge on any atom is 0.292 e. The summed E-state index contributed by atoms with van der Waals surface area (Å²) in [5.74, 6) is -0.405. The highest BCUT2D eigenvalue weighted by molar-refractivity contribution is 6.35. The molecule has 1 aromatic rings. The third-order valence-corrected chi connectivity index (χ3v) is 3.46. The van der Waals surface area contributed by atoms with Gasteiger partial charge in [-0.1, -0.05) is 30.1 Å². The minimum atomic E-state index is -0.329. The molecule has 2 amide bonds. The maximum atomic E-state index is 12.2. The van der Waals surface area contributed by atoms with Crippen molar-refractivity contribution in [1.82, 2.24) is 0 Å². The van der Waals surface area contributed by atoms with Crippen LogP contribution in [-0.4, -0.2) is 24.4 Å². The lowest BCUT2D eigenvalue weighted by Gasteiger charge is -2.14. The van der Waals surface area contributed by atoms with Crippen LogP contribution in [0.5, 0.6) is 0 Å². The Balaban J connectivity index is 2.24. The lowest BCUT2D eigenvalue weighted by Crippen LogP contribution is -2.91. The van der Waals surface area contributed by atoms with Crippen LogP contribution in [0.25, 0.3) is 0 Å². The molecule has 1 aliphatic heterocycles. The van der Waals surface area contributed by atoms with Crippen molar-refractivity contribution in [2.24, 2.45) is 0 Å². The number of quaternary nitrogens is 1. The van der Waals surface area contributed by atoms with E-state index in [4.69, 9.17) is 23.2 Å². The van der Waals surface area contributed by atoms with Gasteiger partial charge in [-0.25, -0.2) is 4.90 Å². The normalized spacial score (nSPS) is 19.3. The molecule has 0 spiro atoms. The number of nitrogens with zero attached hydrogens (tertiary/aromatic N) is 1. The number of nitrogens with two attached hydrogens (primary N) is 1. The largest absolute Gasteiger partial charge is 0.336 e. The minimum absolute atomic E-state index is 0.197. The van der Waals surface area contributed by atoms with E-state index in [0.717, 1.165) is 13.0 Å². The van der Waals surface area contributed by atoms with Crippen LogP contribution < -0.4 is 10.2 Å². The predicted octanol–water partition coefficient (Wildman–Crippen LogP) is 1.60. The Labute approximate surface area is 121 Å². The summed E-state index contributed by atoms with van der Waals surface area (Å²) >= 11 is 11.8. The van der Waals surface area contributed by atoms with Gasteiger partial charge in [0.25, 0.3) is 5.91 Å². The van der Waals surface area contributed by atoms with Crippen LogP contribution in [0.1, 0.15) is 19.8 Å². The number of benzene rings is 1. The molecule has 2 rings (SSSR count). The topological polar surface area (TPSA) is 54.0 Å². The van der Waals surface area contributed by atoms with E-state index in [0.29, 0.717) is 15.7 Å². The molecule has 0 aromatic heterocycles. The predicted molar refractivity (Wildman–Crippen MR) is 74.4 cm³/mol. The molecule has 1 aromatic carbocycles. The Kier molecular flexibility index (Phi) is 4.45. The fourth-order valence-electron chi connectivity index (χ4n) is 2.15. The van der Waals surface area contributed by atoms with E-state index in [1.54, 1.807) is 18.2 Å². The third-order valence-electron chi connectivity index (χ3n) is 3.03. The van der Waals surface area contributed by atoms with Gasteiger partial charge in [0, 0.05) is 10.0 Å². The van der Waals surface area contributed by atoms with Crippen LogP contribution in [0.2, 0.25) is 10.0 Å². The standard InChI is InChI=1S/C13H14Cl2N2O2/c1-2-3-16-11-7-12(18)17(13(11)19)10-5-8(14)4-9(15)6-10/h4-6,11,16H,2-3,7H2,1H3/p+1/t11-/m0/s1. The minimum Gasteiger partial charge on any atom is -0.336 e. The van der Waals surface area contributed by atoms with Gasteiger partial charge in [0.2, 0.25) is 5.91 Å². The summed E-state index contributed by atoms with van der Waals surface area (Å²) in [7, 11) is 0. The van der Waals surface area contributed by atoms with Crippen molar-refractivity contribution < 1.29 is 14.9 Å². The Morgan fingerprint density at radius 3 is 2.47 bits per heavy atom. The number of imide groups is 1. The molecule has 6 heteroatoms. The molecule has 2 N–H and O–H groups in total. The Bertz CT molecular complexity index is 499. The average molecular weight is 302 g/mol. The smallest absolute Gasteiger partial charge is 0.292 e. The number of hydrogen-bond donors (Lipinski definition) is 1. The first kappa shape index (κ1) is 14.3. The first-order chi connectivity index (χ1) is 9.02. The summed E-state index contributed by atoms with van der Waals surface area (Å²) in [6, 6.07) is 4.39. The first-order valence-corrected chi connectivity index (χ1v) is 6.94. The van der Waals surface area contributed by atoms with Crippen molar-refractivity contribution in [3.8, 4) is 0 Å². The zero-order chi connectivity index (χ0) is 14.0. The van der Waals surface area contributed by atoms with Crippen molar-refractivity contribution >= 4 is 40.7 Å². The molecular formula is C13H15Cl2N2O2+. The summed E-state index contributed by atoms with van der Waals surface area (Å²) in [4.78, 5) is 25.4. The lowest BCUT2D eigenvalue weighted by atomic mass is 10.2. The molecule has 19 heavy (non-hydrogen) atoms. The van der Waals surface area contributed by atoms with E-state index in [-0.39, 0.29) is 24.3 Å². The molecule has 102 valence electrons. The van der Waals surface area contributed by atoms with Crippen molar-refractivity contribution in [2.45, 2.75) is 25.8 Å². The van der Waals surface area contributed by atoms with E-state index >= 15 is 0 Å². The molecular weight excluding hydrogens is 287 g/mol. The number of carbonyl (C=O) groups excluding carboxylic acids is 2. The zero-order valence-corrected chi connectivity index (χ0v) is 12.0. The van der Waals surface area contributed by atoms with E-state index in [1.165, 1.54) is 4.90 Å². The Hall–Kier alpha value is -1.10. The number of hydrogen-bond acceptors (Lipinski definition) is 2. The van der Waals surface area contributed by atoms with Gasteiger partial charge in [-0.2, -0.15) is 0 Å². The highest BCUT2D eigenvalue weighted by atomic mass is 35.5. The number of carbonyl (C=O) groups is 2. The second-order valence-electron chi connectivity index (χ2n) is 4.53. The molecule has 1 heterocycles. The van der Waals surface area contributed by atoms with Crippen molar-refractivity contribution in [2.75, 3.05) is 11.4 Å². The van der Waals surface area contributed by atoms with Crippen LogP contribution in [0.15, 0.2) is 18.2 Å². The molecule has 0 saturated carbocycles. The quantitative estimate of drug-likeness (QED) is 0.859. The highest BCUT2D eigenvalue weighted by Gasteiger charge is 2.42. The molecule has 1 saturated heterocycles. The maximum absolute atomic E-state index is 12.2. The molecule has 4 nitrogen and oxygen atoms in total. The summed E-state index contributed by atoms with van der Waals surface area (Å²) in [6.45, 7) is 2.86. The lowest BCUT2D eigenvalue weighted by molar-refractivity contribution is -0.674. The molecule has 1 aliphatic rings. The fraction of sp³-hybridized carbons (Fsp3) is 0.385. The van der Waals surface area contributed by atoms with E-state index in [9.17, 15) is 9.59 Å². The Morgan fingerprint density at radius 1 is 1.26 bits per heavy atom. The van der Waals surface area contributed by atoms with Crippen molar-refractivity contribution in [1.29, 1.82) is 0 Å². The number of halogens is 2. The zero-order valence-electron chi connectivity index (χ0n) is 10.5. The molecule has 0 aliphatic carbocycles. The average Bonchev–Trinajstić information content (AvgIpc) is 2.60. The Morgan fingerprint density at radius 2 is 1.89 bits per heavy atom. The second-order valence-corrected chi connectivity index (χ2v) is 5.40. The highest BCUT2D eigenvalue weighted by Crippen LogP contribution is 2.28. The van der Waals surface area contributed by atoms with Gasteiger partial charge >= 0.3 is 0 Å². The SMILES string of the molecule is CCC[NH2+][C@H]1CC(=O)N(c2cc(Cl)cc(Cl)c2)C1=O. The molecule has 1 atom stereocenters. The first-order valence-electron chi connectivity index (χ1n) is 6.19. The summed E-state index contributed by atoms with van der Waals surface area (Å²) in [6.07, 6.45) is 1.18. The van der Waals surface area contributed by atoms with E-state index < -0.39 is 0 Å². The molecule has 0 unspecified atom stereocenters. The van der Waals surface area contributed by atoms with Gasteiger partial charge in [-0.3, -0.25) is 9.59 Å². The monoisotopic (exact) mass is 301 g/mol. The fourth-order valence-corrected chi connectivity index (χ4v) is 2.66. The number of amides is 2. The van der Waals surface area contributed by atoms with E-state index in [1.807, 2.05) is 12.2 Å². The van der Waals surface area contributed by atoms with Crippen molar-refractivity contribution in [3.63, 3.8) is 0 Å². The van der Waals surface area contributed by atoms with E-state index in [2.05, 4.69) is 0 Å². The molecule has 0 radical (unpaired) electrons. The van der Waals surface area contributed by atoms with Gasteiger partial charge in [-0.05, 0) is 24.6 Å². The van der Waals surface area contributed by atoms with Crippen molar-refractivity contribution in [3.05, 3.63) is 28.2 Å².